The zero-order chi connectivity index (χ0) is 23.7. The summed E-state index contributed by atoms with van der Waals surface area (Å²) in [4.78, 5) is 35.3. The Morgan fingerprint density at radius 2 is 2.03 bits per heavy atom. The number of methoxy groups -OCH3 is 1. The second kappa shape index (κ2) is 9.30. The Morgan fingerprint density at radius 1 is 1.18 bits per heavy atom. The average molecular weight is 493 g/mol. The van der Waals surface area contributed by atoms with Crippen molar-refractivity contribution >= 4 is 44.5 Å². The molecule has 9 nitrogen and oxygen atoms in total. The van der Waals surface area contributed by atoms with Gasteiger partial charge in [0.1, 0.15) is 16.6 Å². The minimum atomic E-state index is -0.387. The molecule has 1 saturated heterocycles. The van der Waals surface area contributed by atoms with Gasteiger partial charge in [-0.25, -0.2) is 15.0 Å². The first-order valence-corrected chi connectivity index (χ1v) is 11.4. The minimum Gasteiger partial charge on any atom is -0.494 e. The Kier molecular flexibility index (Phi) is 6.06. The molecule has 1 N–H and O–H groups in total. The van der Waals surface area contributed by atoms with Crippen LogP contribution in [0, 0.1) is 24.7 Å². The molecular formula is C23H17ClN6O3S. The Labute approximate surface area is 203 Å². The number of amides is 1. The summed E-state index contributed by atoms with van der Waals surface area (Å²) >= 11 is 7.33. The van der Waals surface area contributed by atoms with Crippen molar-refractivity contribution in [2.75, 3.05) is 25.6 Å². The second-order valence-corrected chi connectivity index (χ2v) is 8.80. The first kappa shape index (κ1) is 22.2. The number of hydrogen-bond donors (Lipinski definition) is 1. The Hall–Kier alpha value is -3.65. The molecule has 0 aromatic carbocycles. The molecule has 1 aliphatic rings. The van der Waals surface area contributed by atoms with E-state index in [1.165, 1.54) is 30.8 Å². The normalized spacial score (nSPS) is 13.1. The number of aromatic nitrogens is 5. The molecule has 1 amide bonds. The van der Waals surface area contributed by atoms with Gasteiger partial charge in [-0.1, -0.05) is 28.9 Å². The SMILES string of the molecule is COc1cnc(Cl)cc1-c1cc(C)ncc1C(=O)Nc1nc2ncc(C#CC3COC3)nc2s1. The van der Waals surface area contributed by atoms with Gasteiger partial charge in [-0.15, -0.1) is 0 Å². The predicted molar refractivity (Wildman–Crippen MR) is 128 cm³/mol. The number of aryl methyl sites for hydroxylation is 1. The summed E-state index contributed by atoms with van der Waals surface area (Å²) in [6.07, 6.45) is 4.59. The molecule has 1 fully saturated rings. The Bertz CT molecular complexity index is 1470. The first-order valence-electron chi connectivity index (χ1n) is 10.2. The standard InChI is InChI=1S/C23H17ClN6O3S/c1-12-5-15(16-6-19(24)26-9-18(16)32-2)17(8-25-12)21(31)30-23-29-20-22(34-23)28-14(7-27-20)4-3-13-10-33-11-13/h5-9,13H,10-11H2,1-2H3,(H,27,29,30,31). The lowest BCUT2D eigenvalue weighted by Gasteiger charge is -2.19. The molecule has 0 spiro atoms. The maximum absolute atomic E-state index is 13.2. The summed E-state index contributed by atoms with van der Waals surface area (Å²) in [5.41, 5.74) is 3.29. The molecule has 0 atom stereocenters. The van der Waals surface area contributed by atoms with E-state index in [0.717, 1.165) is 5.69 Å². The second-order valence-electron chi connectivity index (χ2n) is 7.44. The van der Waals surface area contributed by atoms with Crippen LogP contribution in [-0.2, 0) is 4.74 Å². The third kappa shape index (κ3) is 4.54. The Balaban J connectivity index is 1.44. The van der Waals surface area contributed by atoms with Crippen molar-refractivity contribution in [1.82, 2.24) is 24.9 Å². The number of halogens is 1. The topological polar surface area (TPSA) is 112 Å². The van der Waals surface area contributed by atoms with E-state index in [-0.39, 0.29) is 17.0 Å². The van der Waals surface area contributed by atoms with Crippen molar-refractivity contribution in [3.8, 4) is 28.7 Å². The lowest BCUT2D eigenvalue weighted by atomic mass is 10.0. The maximum Gasteiger partial charge on any atom is 0.259 e. The number of hydrogen-bond acceptors (Lipinski definition) is 9. The molecule has 0 unspecified atom stereocenters. The van der Waals surface area contributed by atoms with Crippen LogP contribution in [0.4, 0.5) is 5.13 Å². The fourth-order valence-electron chi connectivity index (χ4n) is 3.25. The van der Waals surface area contributed by atoms with Crippen molar-refractivity contribution < 1.29 is 14.3 Å². The van der Waals surface area contributed by atoms with E-state index in [4.69, 9.17) is 21.1 Å². The van der Waals surface area contributed by atoms with Crippen LogP contribution in [0.15, 0.2) is 30.7 Å². The van der Waals surface area contributed by atoms with Crippen molar-refractivity contribution in [1.29, 1.82) is 0 Å². The molecule has 1 aliphatic heterocycles. The predicted octanol–water partition coefficient (Wildman–Crippen LogP) is 3.76. The van der Waals surface area contributed by atoms with E-state index in [9.17, 15) is 4.79 Å². The molecule has 5 rings (SSSR count). The number of fused-ring (bicyclic) bond motifs is 1. The van der Waals surface area contributed by atoms with Crippen LogP contribution in [0.25, 0.3) is 21.6 Å². The number of thiazole rings is 1. The van der Waals surface area contributed by atoms with Crippen LogP contribution in [0.5, 0.6) is 5.75 Å². The van der Waals surface area contributed by atoms with Crippen molar-refractivity contribution in [3.05, 3.63) is 52.8 Å². The molecule has 34 heavy (non-hydrogen) atoms. The highest BCUT2D eigenvalue weighted by Crippen LogP contribution is 2.34. The van der Waals surface area contributed by atoms with E-state index in [1.54, 1.807) is 18.3 Å². The van der Waals surface area contributed by atoms with Gasteiger partial charge in [-0.3, -0.25) is 15.1 Å². The molecule has 4 aromatic heterocycles. The number of carbonyl (C=O) groups excluding carboxylic acids is 1. The highest BCUT2D eigenvalue weighted by atomic mass is 35.5. The zero-order valence-electron chi connectivity index (χ0n) is 18.1. The van der Waals surface area contributed by atoms with Crippen molar-refractivity contribution in [3.63, 3.8) is 0 Å². The first-order chi connectivity index (χ1) is 16.5. The van der Waals surface area contributed by atoms with Crippen LogP contribution >= 0.6 is 22.9 Å². The smallest absolute Gasteiger partial charge is 0.259 e. The molecule has 4 aromatic rings. The number of nitrogens with one attached hydrogen (secondary N) is 1. The number of nitrogens with zero attached hydrogens (tertiary/aromatic N) is 5. The highest BCUT2D eigenvalue weighted by Gasteiger charge is 2.20. The average Bonchev–Trinajstić information content (AvgIpc) is 3.19. The van der Waals surface area contributed by atoms with Gasteiger partial charge in [0, 0.05) is 23.0 Å². The van der Waals surface area contributed by atoms with E-state index >= 15 is 0 Å². The molecular weight excluding hydrogens is 476 g/mol. The van der Waals surface area contributed by atoms with Crippen molar-refractivity contribution in [2.45, 2.75) is 6.92 Å². The van der Waals surface area contributed by atoms with Gasteiger partial charge in [0.2, 0.25) is 0 Å². The summed E-state index contributed by atoms with van der Waals surface area (Å²) in [5.74, 6) is 6.45. The molecule has 5 heterocycles. The number of anilines is 1. The number of ether oxygens (including phenoxy) is 2. The summed E-state index contributed by atoms with van der Waals surface area (Å²) in [7, 11) is 1.53. The third-order valence-corrected chi connectivity index (χ3v) is 6.08. The quantitative estimate of drug-likeness (QED) is 0.338. The highest BCUT2D eigenvalue weighted by molar-refractivity contribution is 7.21. The van der Waals surface area contributed by atoms with E-state index in [1.807, 2.05) is 6.92 Å². The van der Waals surface area contributed by atoms with Gasteiger partial charge >= 0.3 is 0 Å². The molecule has 0 aliphatic carbocycles. The molecule has 0 radical (unpaired) electrons. The van der Waals surface area contributed by atoms with Gasteiger partial charge in [0.15, 0.2) is 15.6 Å². The monoisotopic (exact) mass is 492 g/mol. The molecule has 170 valence electrons. The maximum atomic E-state index is 13.2. The molecule has 0 saturated carbocycles. The largest absolute Gasteiger partial charge is 0.494 e. The summed E-state index contributed by atoms with van der Waals surface area (Å²) in [5, 5.41) is 3.47. The Morgan fingerprint density at radius 3 is 2.79 bits per heavy atom. The van der Waals surface area contributed by atoms with E-state index in [0.29, 0.717) is 57.0 Å². The third-order valence-electron chi connectivity index (χ3n) is 5.02. The van der Waals surface area contributed by atoms with Gasteiger partial charge < -0.3 is 9.47 Å². The summed E-state index contributed by atoms with van der Waals surface area (Å²) < 4.78 is 10.6. The lowest BCUT2D eigenvalue weighted by Crippen LogP contribution is -2.25. The van der Waals surface area contributed by atoms with E-state index < -0.39 is 0 Å². The van der Waals surface area contributed by atoms with Crippen LogP contribution in [0.1, 0.15) is 21.7 Å². The molecule has 11 heteroatoms. The zero-order valence-corrected chi connectivity index (χ0v) is 19.7. The van der Waals surface area contributed by atoms with Crippen LogP contribution in [-0.4, -0.2) is 51.2 Å². The number of rotatable bonds is 4. The van der Waals surface area contributed by atoms with E-state index in [2.05, 4.69) is 42.1 Å². The minimum absolute atomic E-state index is 0.236. The fourth-order valence-corrected chi connectivity index (χ4v) is 4.20. The van der Waals surface area contributed by atoms with Gasteiger partial charge in [0.05, 0.1) is 44.2 Å². The number of carbonyl (C=O) groups is 1. The fraction of sp³-hybridized carbons (Fsp3) is 0.217. The number of pyridine rings is 2. The van der Waals surface area contributed by atoms with Crippen LogP contribution < -0.4 is 10.1 Å². The van der Waals surface area contributed by atoms with Gasteiger partial charge in [0.25, 0.3) is 5.91 Å². The lowest BCUT2D eigenvalue weighted by molar-refractivity contribution is -0.00301. The molecule has 0 bridgehead atoms. The summed E-state index contributed by atoms with van der Waals surface area (Å²) in [6, 6.07) is 3.44. The van der Waals surface area contributed by atoms with Gasteiger partial charge in [-0.2, -0.15) is 4.98 Å². The summed E-state index contributed by atoms with van der Waals surface area (Å²) in [6.45, 7) is 3.13. The van der Waals surface area contributed by atoms with Gasteiger partial charge in [-0.05, 0) is 25.0 Å². The van der Waals surface area contributed by atoms with Crippen molar-refractivity contribution in [2.24, 2.45) is 5.92 Å². The van der Waals surface area contributed by atoms with Crippen LogP contribution in [0.2, 0.25) is 5.15 Å². The van der Waals surface area contributed by atoms with Crippen LogP contribution in [0.3, 0.4) is 0 Å².